The predicted octanol–water partition coefficient (Wildman–Crippen LogP) is 3.07. The number of morpholine rings is 1. The molecule has 170 valence electrons. The van der Waals surface area contributed by atoms with Crippen molar-refractivity contribution in [3.63, 3.8) is 0 Å². The molecule has 1 aliphatic rings. The molecule has 0 spiro atoms. The number of nitrogens with one attached hydrogen (secondary N) is 3. The number of benzene rings is 1. The summed E-state index contributed by atoms with van der Waals surface area (Å²) in [6, 6.07) is 8.36. The lowest BCUT2D eigenvalue weighted by molar-refractivity contribution is -0.116. The van der Waals surface area contributed by atoms with E-state index in [9.17, 15) is 4.79 Å². The standard InChI is InChI=1S/C22H37N5O2.HI/c1-5-7-21(28)26-19-9-6-8-18(14-19)15-24-22(23-4)25-16-20(17(2)3)27-10-12-29-13-11-27;/h6,8-9,14,17,20H,5,7,10-13,15-16H2,1-4H3,(H,26,28)(H2,23,24,25);1H. The minimum atomic E-state index is 0. The van der Waals surface area contributed by atoms with Crippen LogP contribution in [-0.4, -0.2) is 62.7 Å². The Morgan fingerprint density at radius 1 is 1.23 bits per heavy atom. The lowest BCUT2D eigenvalue weighted by Crippen LogP contribution is -2.52. The highest BCUT2D eigenvalue weighted by molar-refractivity contribution is 14.0. The molecule has 1 atom stereocenters. The van der Waals surface area contributed by atoms with Crippen LogP contribution in [0.2, 0.25) is 0 Å². The number of aliphatic imine (C=N–C) groups is 1. The Balaban J connectivity index is 0.00000450. The quantitative estimate of drug-likeness (QED) is 0.260. The summed E-state index contributed by atoms with van der Waals surface area (Å²) < 4.78 is 5.49. The van der Waals surface area contributed by atoms with E-state index in [0.717, 1.165) is 56.5 Å². The first-order valence-electron chi connectivity index (χ1n) is 10.7. The molecule has 0 radical (unpaired) electrons. The average molecular weight is 531 g/mol. The molecule has 0 aliphatic carbocycles. The molecule has 1 unspecified atom stereocenters. The monoisotopic (exact) mass is 531 g/mol. The lowest BCUT2D eigenvalue weighted by atomic mass is 10.0. The summed E-state index contributed by atoms with van der Waals surface area (Å²) in [6.45, 7) is 11.6. The van der Waals surface area contributed by atoms with Crippen LogP contribution in [-0.2, 0) is 16.1 Å². The molecule has 3 N–H and O–H groups in total. The van der Waals surface area contributed by atoms with E-state index < -0.39 is 0 Å². The van der Waals surface area contributed by atoms with Crippen molar-refractivity contribution in [1.82, 2.24) is 15.5 Å². The van der Waals surface area contributed by atoms with Crippen LogP contribution in [0.5, 0.6) is 0 Å². The van der Waals surface area contributed by atoms with Crippen molar-refractivity contribution in [2.45, 2.75) is 46.2 Å². The SMILES string of the molecule is CCCC(=O)Nc1cccc(CNC(=NC)NCC(C(C)C)N2CCOCC2)c1.I. The second-order valence-corrected chi connectivity index (χ2v) is 7.76. The van der Waals surface area contributed by atoms with Gasteiger partial charge in [-0.1, -0.05) is 32.9 Å². The van der Waals surface area contributed by atoms with Crippen LogP contribution >= 0.6 is 24.0 Å². The summed E-state index contributed by atoms with van der Waals surface area (Å²) in [5.74, 6) is 1.38. The summed E-state index contributed by atoms with van der Waals surface area (Å²) >= 11 is 0. The van der Waals surface area contributed by atoms with Crippen molar-refractivity contribution in [2.24, 2.45) is 10.9 Å². The van der Waals surface area contributed by atoms with E-state index in [1.54, 1.807) is 7.05 Å². The normalized spacial score (nSPS) is 16.0. The van der Waals surface area contributed by atoms with E-state index in [4.69, 9.17) is 4.74 Å². The fourth-order valence-corrected chi connectivity index (χ4v) is 3.51. The molecule has 0 bridgehead atoms. The Kier molecular flexibility index (Phi) is 13.0. The molecule has 1 aromatic rings. The number of carbonyl (C=O) groups excluding carboxylic acids is 1. The largest absolute Gasteiger partial charge is 0.379 e. The lowest BCUT2D eigenvalue weighted by Gasteiger charge is -2.37. The number of rotatable bonds is 9. The van der Waals surface area contributed by atoms with Gasteiger partial charge >= 0.3 is 0 Å². The zero-order valence-electron chi connectivity index (χ0n) is 18.7. The molecule has 1 aromatic carbocycles. The van der Waals surface area contributed by atoms with Crippen molar-refractivity contribution in [2.75, 3.05) is 45.2 Å². The molecule has 7 nitrogen and oxygen atoms in total. The van der Waals surface area contributed by atoms with Gasteiger partial charge in [-0.05, 0) is 30.0 Å². The zero-order valence-corrected chi connectivity index (χ0v) is 21.1. The van der Waals surface area contributed by atoms with Crippen molar-refractivity contribution < 1.29 is 9.53 Å². The molecule has 2 rings (SSSR count). The molecule has 30 heavy (non-hydrogen) atoms. The van der Waals surface area contributed by atoms with Crippen LogP contribution in [0, 0.1) is 5.92 Å². The van der Waals surface area contributed by atoms with Gasteiger partial charge in [0.05, 0.1) is 13.2 Å². The third kappa shape index (κ3) is 9.18. The molecule has 1 heterocycles. The number of halogens is 1. The Hall–Kier alpha value is -1.39. The highest BCUT2D eigenvalue weighted by Gasteiger charge is 2.23. The first kappa shape index (κ1) is 26.6. The van der Waals surface area contributed by atoms with Crippen LogP contribution in [0.25, 0.3) is 0 Å². The first-order valence-corrected chi connectivity index (χ1v) is 10.7. The van der Waals surface area contributed by atoms with E-state index >= 15 is 0 Å². The minimum absolute atomic E-state index is 0. The van der Waals surface area contributed by atoms with Gasteiger partial charge in [-0.25, -0.2) is 0 Å². The fourth-order valence-electron chi connectivity index (χ4n) is 3.51. The summed E-state index contributed by atoms with van der Waals surface area (Å²) in [4.78, 5) is 18.7. The van der Waals surface area contributed by atoms with Gasteiger partial charge in [0.2, 0.25) is 5.91 Å². The maximum absolute atomic E-state index is 11.8. The van der Waals surface area contributed by atoms with Crippen LogP contribution in [0.3, 0.4) is 0 Å². The topological polar surface area (TPSA) is 78.0 Å². The number of carbonyl (C=O) groups is 1. The van der Waals surface area contributed by atoms with Gasteiger partial charge in [0.1, 0.15) is 0 Å². The number of anilines is 1. The highest BCUT2D eigenvalue weighted by Crippen LogP contribution is 2.13. The third-order valence-electron chi connectivity index (χ3n) is 5.13. The summed E-state index contributed by atoms with van der Waals surface area (Å²) in [7, 11) is 1.79. The van der Waals surface area contributed by atoms with Gasteiger partial charge in [-0.3, -0.25) is 14.7 Å². The highest BCUT2D eigenvalue weighted by atomic mass is 127. The maximum Gasteiger partial charge on any atom is 0.224 e. The van der Waals surface area contributed by atoms with E-state index in [1.807, 2.05) is 31.2 Å². The maximum atomic E-state index is 11.8. The molecule has 1 saturated heterocycles. The molecule has 0 saturated carbocycles. The van der Waals surface area contributed by atoms with Crippen LogP contribution < -0.4 is 16.0 Å². The van der Waals surface area contributed by atoms with Crippen LogP contribution in [0.1, 0.15) is 39.2 Å². The molecular weight excluding hydrogens is 493 g/mol. The summed E-state index contributed by atoms with van der Waals surface area (Å²) in [6.07, 6.45) is 1.39. The molecule has 0 aromatic heterocycles. The van der Waals surface area contributed by atoms with Crippen molar-refractivity contribution in [3.8, 4) is 0 Å². The Morgan fingerprint density at radius 2 is 1.97 bits per heavy atom. The van der Waals surface area contributed by atoms with Crippen molar-refractivity contribution in [3.05, 3.63) is 29.8 Å². The molecule has 8 heteroatoms. The van der Waals surface area contributed by atoms with Gasteiger partial charge in [-0.2, -0.15) is 0 Å². The van der Waals surface area contributed by atoms with Crippen LogP contribution in [0.4, 0.5) is 5.69 Å². The zero-order chi connectivity index (χ0) is 21.1. The number of amides is 1. The number of ether oxygens (including phenoxy) is 1. The van der Waals surface area contributed by atoms with Gasteiger partial charge < -0.3 is 20.7 Å². The van der Waals surface area contributed by atoms with Gasteiger partial charge in [0.25, 0.3) is 0 Å². The van der Waals surface area contributed by atoms with Gasteiger partial charge in [-0.15, -0.1) is 24.0 Å². The van der Waals surface area contributed by atoms with E-state index in [-0.39, 0.29) is 29.9 Å². The minimum Gasteiger partial charge on any atom is -0.379 e. The summed E-state index contributed by atoms with van der Waals surface area (Å²) in [5, 5.41) is 9.79. The van der Waals surface area contributed by atoms with Gasteiger partial charge in [0.15, 0.2) is 5.96 Å². The number of hydrogen-bond acceptors (Lipinski definition) is 4. The predicted molar refractivity (Wildman–Crippen MR) is 135 cm³/mol. The van der Waals surface area contributed by atoms with Gasteiger partial charge in [0, 0.05) is 51.4 Å². The van der Waals surface area contributed by atoms with Crippen LogP contribution in [0.15, 0.2) is 29.3 Å². The molecular formula is C22H38IN5O2. The number of guanidine groups is 1. The van der Waals surface area contributed by atoms with E-state index in [1.165, 1.54) is 0 Å². The number of nitrogens with zero attached hydrogens (tertiary/aromatic N) is 2. The molecule has 1 fully saturated rings. The smallest absolute Gasteiger partial charge is 0.224 e. The second kappa shape index (κ2) is 14.6. The second-order valence-electron chi connectivity index (χ2n) is 7.76. The Bertz CT molecular complexity index is 663. The van der Waals surface area contributed by atoms with E-state index in [2.05, 4.69) is 39.7 Å². The summed E-state index contributed by atoms with van der Waals surface area (Å²) in [5.41, 5.74) is 1.92. The fraction of sp³-hybridized carbons (Fsp3) is 0.636. The number of hydrogen-bond donors (Lipinski definition) is 3. The first-order chi connectivity index (χ1) is 14.0. The average Bonchev–Trinajstić information content (AvgIpc) is 2.71. The molecule has 1 aliphatic heterocycles. The van der Waals surface area contributed by atoms with Crippen molar-refractivity contribution >= 4 is 41.5 Å². The van der Waals surface area contributed by atoms with E-state index in [0.29, 0.717) is 24.9 Å². The Morgan fingerprint density at radius 3 is 2.60 bits per heavy atom. The van der Waals surface area contributed by atoms with Crippen molar-refractivity contribution in [1.29, 1.82) is 0 Å². The molecule has 1 amide bonds. The Labute approximate surface area is 198 Å². The third-order valence-corrected chi connectivity index (χ3v) is 5.13.